The SMILES string of the molecule is Cc1ccc2c(NC[C@@H]3CC3(F)F)cccc2c1Oc1ncccc1-c1ccnc(N[C@H]2CCCN(C(=O)O)C2)n1. The van der Waals surface area contributed by atoms with E-state index in [4.69, 9.17) is 4.74 Å². The number of carboxylic acid groups (broad SMARTS) is 1. The number of aromatic nitrogens is 3. The van der Waals surface area contributed by atoms with Crippen LogP contribution in [0, 0.1) is 12.8 Å². The van der Waals surface area contributed by atoms with Crippen LogP contribution in [-0.4, -0.2) is 62.7 Å². The first-order valence-corrected chi connectivity index (χ1v) is 13.6. The quantitative estimate of drug-likeness (QED) is 0.227. The first kappa shape index (κ1) is 26.7. The van der Waals surface area contributed by atoms with E-state index in [0.717, 1.165) is 34.9 Å². The van der Waals surface area contributed by atoms with Crippen LogP contribution in [0.4, 0.5) is 25.2 Å². The fraction of sp³-hybridized carbons (Fsp3) is 0.333. The van der Waals surface area contributed by atoms with Gasteiger partial charge in [0, 0.05) is 66.9 Å². The Balaban J connectivity index is 1.26. The third-order valence-corrected chi connectivity index (χ3v) is 7.63. The molecular weight excluding hydrogens is 530 g/mol. The van der Waals surface area contributed by atoms with E-state index in [1.54, 1.807) is 24.5 Å². The smallest absolute Gasteiger partial charge is 0.407 e. The van der Waals surface area contributed by atoms with E-state index in [2.05, 4.69) is 25.6 Å². The minimum Gasteiger partial charge on any atom is -0.465 e. The molecule has 3 heterocycles. The Bertz CT molecular complexity index is 1600. The Morgan fingerprint density at radius 3 is 2.78 bits per heavy atom. The lowest BCUT2D eigenvalue weighted by molar-refractivity contribution is 0.101. The molecule has 2 fully saturated rings. The summed E-state index contributed by atoms with van der Waals surface area (Å²) in [4.78, 5) is 26.3. The lowest BCUT2D eigenvalue weighted by atomic mass is 10.0. The van der Waals surface area contributed by atoms with Gasteiger partial charge in [0.2, 0.25) is 11.8 Å². The minimum atomic E-state index is -2.58. The van der Waals surface area contributed by atoms with Gasteiger partial charge in [-0.2, -0.15) is 0 Å². The van der Waals surface area contributed by atoms with Crippen molar-refractivity contribution in [3.63, 3.8) is 0 Å². The number of hydrogen-bond acceptors (Lipinski definition) is 7. The Morgan fingerprint density at radius 2 is 1.98 bits per heavy atom. The molecule has 1 aliphatic heterocycles. The number of rotatable bonds is 8. The Hall–Kier alpha value is -4.54. The first-order valence-electron chi connectivity index (χ1n) is 13.6. The molecule has 11 heteroatoms. The zero-order chi connectivity index (χ0) is 28.6. The number of halogens is 2. The second-order valence-corrected chi connectivity index (χ2v) is 10.6. The number of carbonyl (C=O) groups is 1. The van der Waals surface area contributed by atoms with Crippen LogP contribution in [0.15, 0.2) is 60.9 Å². The topological polar surface area (TPSA) is 112 Å². The van der Waals surface area contributed by atoms with Crippen molar-refractivity contribution >= 4 is 28.5 Å². The average molecular weight is 561 g/mol. The number of piperidine rings is 1. The van der Waals surface area contributed by atoms with Gasteiger partial charge in [-0.3, -0.25) is 0 Å². The number of aryl methyl sites for hydroxylation is 1. The summed E-state index contributed by atoms with van der Waals surface area (Å²) < 4.78 is 33.3. The van der Waals surface area contributed by atoms with E-state index in [1.165, 1.54) is 4.90 Å². The highest BCUT2D eigenvalue weighted by atomic mass is 19.3. The van der Waals surface area contributed by atoms with E-state index in [1.807, 2.05) is 43.3 Å². The summed E-state index contributed by atoms with van der Waals surface area (Å²) in [5.41, 5.74) is 2.93. The third-order valence-electron chi connectivity index (χ3n) is 7.63. The van der Waals surface area contributed by atoms with Gasteiger partial charge in [0.1, 0.15) is 5.75 Å². The van der Waals surface area contributed by atoms with Gasteiger partial charge >= 0.3 is 6.09 Å². The van der Waals surface area contributed by atoms with Crippen LogP contribution in [0.2, 0.25) is 0 Å². The summed E-state index contributed by atoms with van der Waals surface area (Å²) in [5, 5.41) is 17.5. The normalized spacial score (nSPS) is 19.5. The van der Waals surface area contributed by atoms with Gasteiger partial charge in [0.25, 0.3) is 5.92 Å². The van der Waals surface area contributed by atoms with Crippen LogP contribution in [0.5, 0.6) is 11.6 Å². The van der Waals surface area contributed by atoms with Gasteiger partial charge in [-0.1, -0.05) is 24.3 Å². The van der Waals surface area contributed by atoms with E-state index < -0.39 is 17.9 Å². The molecule has 0 bridgehead atoms. The highest BCUT2D eigenvalue weighted by Gasteiger charge is 2.56. The van der Waals surface area contributed by atoms with Gasteiger partial charge in [0.05, 0.1) is 11.3 Å². The molecule has 9 nitrogen and oxygen atoms in total. The van der Waals surface area contributed by atoms with Crippen molar-refractivity contribution in [2.45, 2.75) is 38.2 Å². The van der Waals surface area contributed by atoms with E-state index in [9.17, 15) is 18.7 Å². The van der Waals surface area contributed by atoms with Gasteiger partial charge in [-0.15, -0.1) is 0 Å². The monoisotopic (exact) mass is 560 g/mol. The minimum absolute atomic E-state index is 0.0810. The molecule has 2 atom stereocenters. The van der Waals surface area contributed by atoms with Gasteiger partial charge in [-0.25, -0.2) is 28.5 Å². The number of anilines is 2. The number of fused-ring (bicyclic) bond motifs is 1. The second-order valence-electron chi connectivity index (χ2n) is 10.6. The summed E-state index contributed by atoms with van der Waals surface area (Å²) in [6, 6.07) is 14.9. The lowest BCUT2D eigenvalue weighted by Gasteiger charge is -2.31. The summed E-state index contributed by atoms with van der Waals surface area (Å²) in [6.07, 6.45) is 3.86. The highest BCUT2D eigenvalue weighted by molar-refractivity contribution is 5.98. The summed E-state index contributed by atoms with van der Waals surface area (Å²) in [6.45, 7) is 3.04. The molecule has 0 radical (unpaired) electrons. The molecule has 2 aliphatic rings. The van der Waals surface area contributed by atoms with Crippen LogP contribution in [0.3, 0.4) is 0 Å². The number of pyridine rings is 1. The average Bonchev–Trinajstić information content (AvgIpc) is 3.59. The molecule has 6 rings (SSSR count). The number of nitrogens with one attached hydrogen (secondary N) is 2. The zero-order valence-corrected chi connectivity index (χ0v) is 22.5. The van der Waals surface area contributed by atoms with Gasteiger partial charge < -0.3 is 25.4 Å². The summed E-state index contributed by atoms with van der Waals surface area (Å²) in [5.74, 6) is -1.85. The van der Waals surface area contributed by atoms with Crippen molar-refractivity contribution in [2.75, 3.05) is 30.3 Å². The number of ether oxygens (including phenoxy) is 1. The van der Waals surface area contributed by atoms with Gasteiger partial charge in [-0.05, 0) is 49.6 Å². The second kappa shape index (κ2) is 10.8. The molecule has 2 aromatic heterocycles. The number of likely N-dealkylation sites (tertiary alicyclic amines) is 1. The lowest BCUT2D eigenvalue weighted by Crippen LogP contribution is -2.44. The predicted octanol–water partition coefficient (Wildman–Crippen LogP) is 6.41. The van der Waals surface area contributed by atoms with E-state index >= 15 is 0 Å². The molecule has 3 N–H and O–H groups in total. The Kier molecular flexibility index (Phi) is 7.02. The standard InChI is InChI=1S/C30H30F2N6O3/c1-18-9-10-21-22(6-2-8-24(21)35-16-19-15-30(19,31)32)26(18)41-27-23(7-3-12-33-27)25-11-13-34-28(37-25)36-20-5-4-14-38(17-20)29(39)40/h2-3,6-13,19-20,35H,4-5,14-17H2,1H3,(H,39,40)(H,34,36,37)/t19-,20-/m0/s1. The number of hydrogen-bond donors (Lipinski definition) is 3. The molecule has 0 spiro atoms. The van der Waals surface area contributed by atoms with Crippen LogP contribution >= 0.6 is 0 Å². The fourth-order valence-corrected chi connectivity index (χ4v) is 5.25. The molecule has 1 saturated heterocycles. The molecule has 4 aromatic rings. The van der Waals surface area contributed by atoms with E-state index in [0.29, 0.717) is 41.9 Å². The van der Waals surface area contributed by atoms with Crippen molar-refractivity contribution in [3.05, 3.63) is 66.5 Å². The molecular formula is C30H30F2N6O3. The summed E-state index contributed by atoms with van der Waals surface area (Å²) in [7, 11) is 0. The maximum absolute atomic E-state index is 13.4. The number of alkyl halides is 2. The van der Waals surface area contributed by atoms with Crippen LogP contribution in [-0.2, 0) is 0 Å². The first-order chi connectivity index (χ1) is 19.8. The molecule has 212 valence electrons. The Labute approximate surface area is 235 Å². The maximum atomic E-state index is 13.4. The number of benzene rings is 2. The van der Waals surface area contributed by atoms with Crippen LogP contribution in [0.1, 0.15) is 24.8 Å². The number of amides is 1. The van der Waals surface area contributed by atoms with Gasteiger partial charge in [0.15, 0.2) is 0 Å². The largest absolute Gasteiger partial charge is 0.465 e. The molecule has 1 aliphatic carbocycles. The third kappa shape index (κ3) is 5.70. The number of nitrogens with zero attached hydrogens (tertiary/aromatic N) is 4. The molecule has 41 heavy (non-hydrogen) atoms. The fourth-order valence-electron chi connectivity index (χ4n) is 5.25. The molecule has 2 aromatic carbocycles. The highest BCUT2D eigenvalue weighted by Crippen LogP contribution is 2.48. The van der Waals surface area contributed by atoms with Crippen molar-refractivity contribution in [3.8, 4) is 22.9 Å². The molecule has 1 amide bonds. The predicted molar refractivity (Wildman–Crippen MR) is 152 cm³/mol. The molecule has 0 unspecified atom stereocenters. The van der Waals surface area contributed by atoms with E-state index in [-0.39, 0.29) is 19.0 Å². The zero-order valence-electron chi connectivity index (χ0n) is 22.5. The van der Waals surface area contributed by atoms with Crippen molar-refractivity contribution in [2.24, 2.45) is 5.92 Å². The Morgan fingerprint density at radius 1 is 1.12 bits per heavy atom. The van der Waals surface area contributed by atoms with Crippen molar-refractivity contribution in [1.82, 2.24) is 19.9 Å². The van der Waals surface area contributed by atoms with Crippen molar-refractivity contribution in [1.29, 1.82) is 0 Å². The van der Waals surface area contributed by atoms with Crippen LogP contribution < -0.4 is 15.4 Å². The molecule has 1 saturated carbocycles. The summed E-state index contributed by atoms with van der Waals surface area (Å²) >= 11 is 0. The van der Waals surface area contributed by atoms with Crippen molar-refractivity contribution < 1.29 is 23.4 Å². The maximum Gasteiger partial charge on any atom is 0.407 e. The van der Waals surface area contributed by atoms with Crippen LogP contribution in [0.25, 0.3) is 22.0 Å².